The molecule has 0 aromatic carbocycles. The molecule has 1 aliphatic heterocycles. The monoisotopic (exact) mass is 276 g/mol. The van der Waals surface area contributed by atoms with Crippen molar-refractivity contribution < 1.29 is 4.79 Å². The number of nitrogens with zero attached hydrogens (tertiary/aromatic N) is 1. The lowest BCUT2D eigenvalue weighted by Crippen LogP contribution is -2.39. The van der Waals surface area contributed by atoms with E-state index in [4.69, 9.17) is 5.73 Å². The third kappa shape index (κ3) is 3.37. The van der Waals surface area contributed by atoms with Gasteiger partial charge >= 0.3 is 0 Å². The van der Waals surface area contributed by atoms with Gasteiger partial charge in [0.15, 0.2) is 0 Å². The van der Waals surface area contributed by atoms with Crippen LogP contribution < -0.4 is 5.73 Å². The van der Waals surface area contributed by atoms with Gasteiger partial charge in [0.1, 0.15) is 4.88 Å². The zero-order chi connectivity index (χ0) is 13.7. The minimum Gasteiger partial charge on any atom is -0.338 e. The number of hydrogen-bond donors (Lipinski definition) is 1. The number of thiophene rings is 1. The summed E-state index contributed by atoms with van der Waals surface area (Å²) in [5.41, 5.74) is 6.20. The Hall–Kier alpha value is -1.31. The minimum absolute atomic E-state index is 0.134. The molecule has 0 saturated carbocycles. The van der Waals surface area contributed by atoms with Crippen molar-refractivity contribution in [2.24, 2.45) is 11.7 Å². The number of piperidine rings is 1. The fourth-order valence-electron chi connectivity index (χ4n) is 2.45. The van der Waals surface area contributed by atoms with Gasteiger partial charge in [-0.2, -0.15) is 0 Å². The van der Waals surface area contributed by atoms with Gasteiger partial charge in [-0.15, -0.1) is 11.3 Å². The summed E-state index contributed by atoms with van der Waals surface area (Å²) in [5, 5.41) is 1.93. The van der Waals surface area contributed by atoms with Crippen LogP contribution in [0, 0.1) is 17.8 Å². The Labute approximate surface area is 118 Å². The predicted octanol–water partition coefficient (Wildman–Crippen LogP) is 2.32. The second-order valence-electron chi connectivity index (χ2n) is 4.84. The first-order valence-corrected chi connectivity index (χ1v) is 7.70. The lowest BCUT2D eigenvalue weighted by atomic mass is 9.95. The summed E-state index contributed by atoms with van der Waals surface area (Å²) in [4.78, 5) is 15.3. The molecule has 2 rings (SSSR count). The third-order valence-corrected chi connectivity index (χ3v) is 4.47. The van der Waals surface area contributed by atoms with Crippen molar-refractivity contribution >= 4 is 17.2 Å². The first-order chi connectivity index (χ1) is 9.26. The number of carbonyl (C=O) groups excluding carboxylic acids is 1. The van der Waals surface area contributed by atoms with E-state index in [0.717, 1.165) is 36.4 Å². The number of rotatable bonds is 2. The molecule has 1 aromatic rings. The van der Waals surface area contributed by atoms with Crippen LogP contribution in [-0.2, 0) is 0 Å². The van der Waals surface area contributed by atoms with Crippen molar-refractivity contribution in [2.75, 3.05) is 19.6 Å². The Kier molecular flexibility index (Phi) is 5.00. The summed E-state index contributed by atoms with van der Waals surface area (Å²) >= 11 is 1.48. The van der Waals surface area contributed by atoms with Gasteiger partial charge in [-0.3, -0.25) is 4.79 Å². The molecule has 0 bridgehead atoms. The van der Waals surface area contributed by atoms with E-state index in [2.05, 4.69) is 18.8 Å². The third-order valence-electron chi connectivity index (χ3n) is 3.57. The van der Waals surface area contributed by atoms with Crippen molar-refractivity contribution in [3.05, 3.63) is 21.9 Å². The molecule has 0 radical (unpaired) electrons. The molecule has 0 spiro atoms. The Morgan fingerprint density at radius 2 is 2.47 bits per heavy atom. The lowest BCUT2D eigenvalue weighted by Gasteiger charge is -2.32. The number of likely N-dealkylation sites (tertiary alicyclic amines) is 1. The average molecular weight is 276 g/mol. The molecule has 3 nitrogen and oxygen atoms in total. The van der Waals surface area contributed by atoms with E-state index in [0.29, 0.717) is 12.5 Å². The first-order valence-electron chi connectivity index (χ1n) is 6.82. The Morgan fingerprint density at radius 1 is 1.63 bits per heavy atom. The van der Waals surface area contributed by atoms with Gasteiger partial charge in [-0.25, -0.2) is 0 Å². The maximum absolute atomic E-state index is 12.5. The molecule has 0 aliphatic carbocycles. The van der Waals surface area contributed by atoms with Crippen LogP contribution in [-0.4, -0.2) is 30.4 Å². The Bertz CT molecular complexity index is 498. The quantitative estimate of drug-likeness (QED) is 0.843. The molecule has 1 atom stereocenters. The number of hydrogen-bond acceptors (Lipinski definition) is 3. The van der Waals surface area contributed by atoms with E-state index in [-0.39, 0.29) is 5.91 Å². The Balaban J connectivity index is 2.13. The molecule has 19 heavy (non-hydrogen) atoms. The van der Waals surface area contributed by atoms with Crippen LogP contribution in [0.15, 0.2) is 11.4 Å². The van der Waals surface area contributed by atoms with Gasteiger partial charge in [0, 0.05) is 18.7 Å². The van der Waals surface area contributed by atoms with Crippen molar-refractivity contribution in [3.63, 3.8) is 0 Å². The molecule has 2 N–H and O–H groups in total. The average Bonchev–Trinajstić information content (AvgIpc) is 2.92. The van der Waals surface area contributed by atoms with Crippen LogP contribution in [0.2, 0.25) is 0 Å². The van der Waals surface area contributed by atoms with Crippen molar-refractivity contribution in [2.45, 2.75) is 26.2 Å². The van der Waals surface area contributed by atoms with Gasteiger partial charge in [0.2, 0.25) is 0 Å². The number of nitrogens with two attached hydrogens (primary N) is 1. The molecular weight excluding hydrogens is 256 g/mol. The number of amides is 1. The van der Waals surface area contributed by atoms with E-state index < -0.39 is 0 Å². The molecule has 1 amide bonds. The predicted molar refractivity (Wildman–Crippen MR) is 79.2 cm³/mol. The molecule has 1 saturated heterocycles. The maximum atomic E-state index is 12.5. The molecule has 1 aromatic heterocycles. The lowest BCUT2D eigenvalue weighted by molar-refractivity contribution is 0.0676. The second kappa shape index (κ2) is 6.74. The van der Waals surface area contributed by atoms with Crippen LogP contribution in [0.3, 0.4) is 0 Å². The normalized spacial score (nSPS) is 18.8. The molecule has 1 aliphatic rings. The van der Waals surface area contributed by atoms with Crippen LogP contribution in [0.5, 0.6) is 0 Å². The highest BCUT2D eigenvalue weighted by atomic mass is 32.1. The van der Waals surface area contributed by atoms with Crippen molar-refractivity contribution in [3.8, 4) is 11.8 Å². The molecule has 2 heterocycles. The van der Waals surface area contributed by atoms with Gasteiger partial charge in [-0.05, 0) is 30.2 Å². The summed E-state index contributed by atoms with van der Waals surface area (Å²) in [6.45, 7) is 4.28. The summed E-state index contributed by atoms with van der Waals surface area (Å²) in [6, 6.07) is 1.90. The van der Waals surface area contributed by atoms with Gasteiger partial charge < -0.3 is 10.6 Å². The molecule has 102 valence electrons. The molecule has 4 heteroatoms. The van der Waals surface area contributed by atoms with Crippen LogP contribution in [0.4, 0.5) is 0 Å². The summed E-state index contributed by atoms with van der Waals surface area (Å²) in [5.74, 6) is 6.59. The smallest absolute Gasteiger partial charge is 0.265 e. The van der Waals surface area contributed by atoms with Crippen LogP contribution >= 0.6 is 11.3 Å². The number of carbonyl (C=O) groups is 1. The second-order valence-corrected chi connectivity index (χ2v) is 5.75. The topological polar surface area (TPSA) is 46.3 Å². The molecule has 1 unspecified atom stereocenters. The largest absolute Gasteiger partial charge is 0.338 e. The minimum atomic E-state index is 0.134. The summed E-state index contributed by atoms with van der Waals surface area (Å²) in [6.07, 6.45) is 3.50. The van der Waals surface area contributed by atoms with E-state index in [9.17, 15) is 4.79 Å². The zero-order valence-corrected chi connectivity index (χ0v) is 12.1. The van der Waals surface area contributed by atoms with Crippen molar-refractivity contribution in [1.29, 1.82) is 0 Å². The fourth-order valence-corrected chi connectivity index (χ4v) is 3.26. The SMILES string of the molecule is CCC1CCCN(C(=O)c2sccc2C#CCN)C1. The summed E-state index contributed by atoms with van der Waals surface area (Å²) in [7, 11) is 0. The fraction of sp³-hybridized carbons (Fsp3) is 0.533. The standard InChI is InChI=1S/C15H20N2OS/c1-2-12-5-4-9-17(11-12)15(18)14-13(6-3-8-16)7-10-19-14/h7,10,12H,2,4-5,8-9,11,16H2,1H3. The van der Waals surface area contributed by atoms with E-state index >= 15 is 0 Å². The molecular formula is C15H20N2OS. The van der Waals surface area contributed by atoms with E-state index in [1.807, 2.05) is 16.3 Å². The van der Waals surface area contributed by atoms with Gasteiger partial charge in [-0.1, -0.05) is 25.2 Å². The van der Waals surface area contributed by atoms with E-state index in [1.165, 1.54) is 17.8 Å². The maximum Gasteiger partial charge on any atom is 0.265 e. The van der Waals surface area contributed by atoms with E-state index in [1.54, 1.807) is 0 Å². The van der Waals surface area contributed by atoms with Crippen LogP contribution in [0.25, 0.3) is 0 Å². The highest BCUT2D eigenvalue weighted by Gasteiger charge is 2.25. The van der Waals surface area contributed by atoms with Crippen LogP contribution in [0.1, 0.15) is 41.4 Å². The van der Waals surface area contributed by atoms with Gasteiger partial charge in [0.25, 0.3) is 5.91 Å². The Morgan fingerprint density at radius 3 is 3.21 bits per heavy atom. The first kappa shape index (κ1) is 14.1. The zero-order valence-electron chi connectivity index (χ0n) is 11.3. The summed E-state index contributed by atoms with van der Waals surface area (Å²) < 4.78 is 0. The highest BCUT2D eigenvalue weighted by Crippen LogP contribution is 2.24. The van der Waals surface area contributed by atoms with Gasteiger partial charge in [0.05, 0.1) is 6.54 Å². The highest BCUT2D eigenvalue weighted by molar-refractivity contribution is 7.12. The van der Waals surface area contributed by atoms with Crippen molar-refractivity contribution in [1.82, 2.24) is 4.90 Å². The molecule has 1 fully saturated rings.